The number of nitrogens with zero attached hydrogens (tertiary/aromatic N) is 2. The van der Waals surface area contributed by atoms with E-state index in [-0.39, 0.29) is 0 Å². The predicted octanol–water partition coefficient (Wildman–Crippen LogP) is 17.4. The van der Waals surface area contributed by atoms with Crippen molar-refractivity contribution in [2.24, 2.45) is 0 Å². The number of para-hydroxylation sites is 4. The first kappa shape index (κ1) is 39.5. The molecule has 13 rings (SSSR count). The summed E-state index contributed by atoms with van der Waals surface area (Å²) < 4.78 is 18.7. The molecule has 4 nitrogen and oxygen atoms in total. The van der Waals surface area contributed by atoms with E-state index in [1.165, 1.54) is 44.7 Å². The average Bonchev–Trinajstić information content (AvgIpc) is 4.04. The van der Waals surface area contributed by atoms with E-state index < -0.39 is 0 Å². The fraction of sp³-hybridized carbons (Fsp3) is 0.0968. The van der Waals surface area contributed by atoms with Gasteiger partial charge in [0.05, 0.1) is 28.3 Å². The Bertz CT molecular complexity index is 3710. The number of furan rings is 1. The van der Waals surface area contributed by atoms with E-state index in [0.29, 0.717) is 5.92 Å². The van der Waals surface area contributed by atoms with Crippen LogP contribution in [0.4, 0.5) is 0 Å². The molecule has 0 saturated carbocycles. The zero-order valence-electron chi connectivity index (χ0n) is 37.2. The lowest BCUT2D eigenvalue weighted by Crippen LogP contribution is -2.01. The molecule has 1 aliphatic carbocycles. The Morgan fingerprint density at radius 3 is 1.82 bits per heavy atom. The molecular formula is C62H48N2O2. The van der Waals surface area contributed by atoms with Gasteiger partial charge >= 0.3 is 0 Å². The van der Waals surface area contributed by atoms with Crippen LogP contribution < -0.4 is 4.74 Å². The molecule has 318 valence electrons. The van der Waals surface area contributed by atoms with Crippen molar-refractivity contribution >= 4 is 76.8 Å². The SMILES string of the molecule is C=C1/C=C(n2c3ccccc3c3ccccc32)\C=C/Oc2cc(-c3cc(-c4ccccc4)cc(C4C=CCCC4)c3)c3oc4ccc(-n5c6ccccc6c6ccccc65)cc4c3c21.CC. The topological polar surface area (TPSA) is 32.2 Å². The Kier molecular flexibility index (Phi) is 9.68. The van der Waals surface area contributed by atoms with Gasteiger partial charge in [0.15, 0.2) is 0 Å². The van der Waals surface area contributed by atoms with Crippen LogP contribution in [-0.4, -0.2) is 9.13 Å². The van der Waals surface area contributed by atoms with Crippen LogP contribution in [0.5, 0.6) is 5.75 Å². The summed E-state index contributed by atoms with van der Waals surface area (Å²) in [7, 11) is 0. The standard InChI is InChI=1S/C60H42N2O2.C2H6/c1-38-32-45(62-54-26-14-10-22-48(54)49-23-11-15-27-55(49)62)30-31-63-57-37-50(43-34-41(39-16-4-2-5-17-39)33-42(35-43)40-18-6-3-7-19-40)60-59(58(38)57)51-36-44(28-29-56(51)64-60)61-52-24-12-8-20-46(52)47-21-9-13-25-53(47)61;1-2/h2,4-6,8-18,20-37,40H,1,3,7,19H2;1-2H3/b31-30-,45-32+;. The van der Waals surface area contributed by atoms with E-state index in [2.05, 4.69) is 203 Å². The van der Waals surface area contributed by atoms with Gasteiger partial charge in [0.2, 0.25) is 0 Å². The minimum absolute atomic E-state index is 0.337. The molecule has 2 aliphatic rings. The van der Waals surface area contributed by atoms with Crippen molar-refractivity contribution in [3.8, 4) is 33.7 Å². The van der Waals surface area contributed by atoms with Crippen molar-refractivity contribution in [2.45, 2.75) is 39.0 Å². The van der Waals surface area contributed by atoms with Gasteiger partial charge in [-0.25, -0.2) is 0 Å². The molecule has 4 heteroatoms. The highest BCUT2D eigenvalue weighted by molar-refractivity contribution is 6.18. The average molecular weight is 853 g/mol. The number of rotatable bonds is 5. The third kappa shape index (κ3) is 6.35. The zero-order valence-corrected chi connectivity index (χ0v) is 37.2. The molecule has 3 aromatic heterocycles. The number of fused-ring (bicyclic) bond motifs is 11. The third-order valence-corrected chi connectivity index (χ3v) is 13.5. The van der Waals surface area contributed by atoms with Gasteiger partial charge in [0.1, 0.15) is 16.9 Å². The lowest BCUT2D eigenvalue weighted by molar-refractivity contribution is 0.480. The molecule has 1 atom stereocenters. The van der Waals surface area contributed by atoms with Crippen LogP contribution in [0.3, 0.4) is 0 Å². The van der Waals surface area contributed by atoms with E-state index in [4.69, 9.17) is 15.7 Å². The first-order chi connectivity index (χ1) is 32.7. The van der Waals surface area contributed by atoms with Gasteiger partial charge in [-0.05, 0) is 114 Å². The van der Waals surface area contributed by atoms with E-state index in [0.717, 1.165) is 96.2 Å². The first-order valence-corrected chi connectivity index (χ1v) is 23.3. The van der Waals surface area contributed by atoms with Crippen molar-refractivity contribution in [3.05, 3.63) is 218 Å². The van der Waals surface area contributed by atoms with Crippen LogP contribution in [0, 0.1) is 0 Å². The lowest BCUT2D eigenvalue weighted by atomic mass is 9.85. The summed E-state index contributed by atoms with van der Waals surface area (Å²) in [6, 6.07) is 61.1. The highest BCUT2D eigenvalue weighted by Crippen LogP contribution is 2.48. The minimum Gasteiger partial charge on any atom is -0.464 e. The Morgan fingerprint density at radius 2 is 1.18 bits per heavy atom. The Hall–Kier alpha value is -8.08. The quantitative estimate of drug-likeness (QED) is 0.162. The predicted molar refractivity (Wildman–Crippen MR) is 279 cm³/mol. The Labute approximate surface area is 384 Å². The van der Waals surface area contributed by atoms with Crippen molar-refractivity contribution < 1.29 is 9.15 Å². The van der Waals surface area contributed by atoms with Gasteiger partial charge in [-0.2, -0.15) is 0 Å². The van der Waals surface area contributed by atoms with Gasteiger partial charge in [-0.3, -0.25) is 0 Å². The fourth-order valence-corrected chi connectivity index (χ4v) is 10.6. The maximum atomic E-state index is 7.15. The van der Waals surface area contributed by atoms with E-state index >= 15 is 0 Å². The molecular weight excluding hydrogens is 805 g/mol. The van der Waals surface area contributed by atoms with Crippen molar-refractivity contribution in [1.82, 2.24) is 9.13 Å². The number of hydrogen-bond donors (Lipinski definition) is 0. The monoisotopic (exact) mass is 852 g/mol. The third-order valence-electron chi connectivity index (χ3n) is 13.5. The second-order valence-electron chi connectivity index (χ2n) is 17.2. The molecule has 0 spiro atoms. The van der Waals surface area contributed by atoms with E-state index in [1.54, 1.807) is 0 Å². The van der Waals surface area contributed by atoms with Crippen LogP contribution in [0.2, 0.25) is 0 Å². The molecule has 0 fully saturated rings. The summed E-state index contributed by atoms with van der Waals surface area (Å²) in [6.45, 7) is 8.84. The maximum absolute atomic E-state index is 7.15. The van der Waals surface area contributed by atoms with E-state index in [9.17, 15) is 0 Å². The van der Waals surface area contributed by atoms with Crippen LogP contribution in [0.25, 0.3) is 105 Å². The van der Waals surface area contributed by atoms with Crippen molar-refractivity contribution in [3.63, 3.8) is 0 Å². The molecule has 1 aliphatic heterocycles. The molecule has 4 heterocycles. The second kappa shape index (κ2) is 16.2. The maximum Gasteiger partial charge on any atom is 0.144 e. The summed E-state index contributed by atoms with van der Waals surface area (Å²) in [5, 5.41) is 6.83. The molecule has 0 amide bonds. The first-order valence-electron chi connectivity index (χ1n) is 23.3. The Morgan fingerprint density at radius 1 is 0.576 bits per heavy atom. The lowest BCUT2D eigenvalue weighted by Gasteiger charge is -2.21. The molecule has 0 saturated heterocycles. The normalized spacial score (nSPS) is 16.2. The number of hydrogen-bond acceptors (Lipinski definition) is 2. The van der Waals surface area contributed by atoms with Gasteiger partial charge < -0.3 is 18.3 Å². The molecule has 0 bridgehead atoms. The molecule has 66 heavy (non-hydrogen) atoms. The zero-order chi connectivity index (χ0) is 44.3. The summed E-state index contributed by atoms with van der Waals surface area (Å²) in [4.78, 5) is 0. The smallest absolute Gasteiger partial charge is 0.144 e. The molecule has 0 N–H and O–H groups in total. The van der Waals surface area contributed by atoms with E-state index in [1.807, 2.05) is 20.1 Å². The van der Waals surface area contributed by atoms with Gasteiger partial charge in [0.25, 0.3) is 0 Å². The molecule has 1 unspecified atom stereocenters. The fourth-order valence-electron chi connectivity index (χ4n) is 10.6. The number of allylic oxidation sites excluding steroid dienone is 6. The number of benzene rings is 8. The second-order valence-corrected chi connectivity index (χ2v) is 17.2. The number of ether oxygens (including phenoxy) is 1. The van der Waals surface area contributed by atoms with Gasteiger partial charge in [0, 0.05) is 60.7 Å². The van der Waals surface area contributed by atoms with Crippen LogP contribution in [0.15, 0.2) is 211 Å². The van der Waals surface area contributed by atoms with Gasteiger partial charge in [-0.1, -0.05) is 148 Å². The summed E-state index contributed by atoms with van der Waals surface area (Å²) in [5.74, 6) is 1.07. The van der Waals surface area contributed by atoms with Gasteiger partial charge in [-0.15, -0.1) is 0 Å². The highest BCUT2D eigenvalue weighted by Gasteiger charge is 2.26. The summed E-state index contributed by atoms with van der Waals surface area (Å²) in [6.07, 6.45) is 14.3. The van der Waals surface area contributed by atoms with Crippen molar-refractivity contribution in [1.29, 1.82) is 0 Å². The highest BCUT2D eigenvalue weighted by atomic mass is 16.5. The molecule has 8 aromatic carbocycles. The van der Waals surface area contributed by atoms with Crippen LogP contribution in [0.1, 0.15) is 50.2 Å². The van der Waals surface area contributed by atoms with Crippen LogP contribution >= 0.6 is 0 Å². The minimum atomic E-state index is 0.337. The molecule has 11 aromatic rings. The Balaban J connectivity index is 0.00000225. The molecule has 0 radical (unpaired) electrons. The van der Waals surface area contributed by atoms with Crippen molar-refractivity contribution in [2.75, 3.05) is 0 Å². The largest absolute Gasteiger partial charge is 0.464 e. The summed E-state index contributed by atoms with van der Waals surface area (Å²) >= 11 is 0. The summed E-state index contributed by atoms with van der Waals surface area (Å²) in [5.41, 5.74) is 15.7. The van der Waals surface area contributed by atoms with Crippen LogP contribution in [-0.2, 0) is 0 Å². The number of aromatic nitrogens is 2.